The standard InChI is InChI=1S/C15H20N2O8/c1-4-23-7-11(18)24-8-25-13-10(22-3)5-6-16-12(13)14(19)17-9(2)15(20)21/h5-6,9H,4,7-8H2,1-3H3,(H,17,19)(H,20,21). The number of carboxylic acids is 1. The summed E-state index contributed by atoms with van der Waals surface area (Å²) in [5.74, 6) is -2.53. The van der Waals surface area contributed by atoms with Crippen molar-refractivity contribution < 1.29 is 38.4 Å². The normalized spacial score (nSPS) is 11.3. The first-order valence-corrected chi connectivity index (χ1v) is 7.33. The van der Waals surface area contributed by atoms with E-state index in [9.17, 15) is 14.4 Å². The molecule has 10 heteroatoms. The lowest BCUT2D eigenvalue weighted by atomic mass is 10.2. The van der Waals surface area contributed by atoms with Gasteiger partial charge in [0, 0.05) is 18.9 Å². The van der Waals surface area contributed by atoms with Crippen molar-refractivity contribution in [2.24, 2.45) is 0 Å². The zero-order chi connectivity index (χ0) is 18.8. The molecule has 1 aromatic heterocycles. The fourth-order valence-electron chi connectivity index (χ4n) is 1.60. The van der Waals surface area contributed by atoms with Gasteiger partial charge < -0.3 is 29.4 Å². The molecule has 1 unspecified atom stereocenters. The number of esters is 1. The van der Waals surface area contributed by atoms with E-state index in [-0.39, 0.29) is 23.8 Å². The van der Waals surface area contributed by atoms with Crippen molar-refractivity contribution in [3.8, 4) is 11.5 Å². The molecule has 1 atom stereocenters. The Labute approximate surface area is 144 Å². The van der Waals surface area contributed by atoms with Crippen LogP contribution in [0.3, 0.4) is 0 Å². The number of aromatic nitrogens is 1. The summed E-state index contributed by atoms with van der Waals surface area (Å²) in [6, 6.07) is 0.312. The molecule has 10 nitrogen and oxygen atoms in total. The molecule has 0 saturated heterocycles. The van der Waals surface area contributed by atoms with E-state index in [1.165, 1.54) is 26.3 Å². The van der Waals surface area contributed by atoms with E-state index in [1.54, 1.807) is 6.92 Å². The summed E-state index contributed by atoms with van der Waals surface area (Å²) in [4.78, 5) is 38.3. The number of aliphatic carboxylic acids is 1. The number of carboxylic acid groups (broad SMARTS) is 1. The summed E-state index contributed by atoms with van der Waals surface area (Å²) >= 11 is 0. The lowest BCUT2D eigenvalue weighted by Gasteiger charge is -2.15. The van der Waals surface area contributed by atoms with E-state index in [4.69, 9.17) is 24.1 Å². The monoisotopic (exact) mass is 356 g/mol. The van der Waals surface area contributed by atoms with Crippen LogP contribution in [-0.4, -0.2) is 61.1 Å². The van der Waals surface area contributed by atoms with E-state index in [2.05, 4.69) is 10.3 Å². The van der Waals surface area contributed by atoms with Gasteiger partial charge >= 0.3 is 11.9 Å². The minimum Gasteiger partial charge on any atom is -0.493 e. The Balaban J connectivity index is 2.84. The molecule has 1 amide bonds. The van der Waals surface area contributed by atoms with Crippen LogP contribution in [-0.2, 0) is 19.1 Å². The van der Waals surface area contributed by atoms with Gasteiger partial charge in [0.1, 0.15) is 12.6 Å². The SMILES string of the molecule is CCOCC(=O)OCOc1c(OC)ccnc1C(=O)NC(C)C(=O)O. The molecule has 0 saturated carbocycles. The van der Waals surface area contributed by atoms with Gasteiger partial charge in [0.15, 0.2) is 17.2 Å². The van der Waals surface area contributed by atoms with Gasteiger partial charge in [-0.3, -0.25) is 9.59 Å². The molecule has 0 aromatic carbocycles. The topological polar surface area (TPSA) is 133 Å². The third-order valence-electron chi connectivity index (χ3n) is 2.87. The Morgan fingerprint density at radius 2 is 2.08 bits per heavy atom. The van der Waals surface area contributed by atoms with Crippen LogP contribution in [0, 0.1) is 0 Å². The van der Waals surface area contributed by atoms with E-state index < -0.39 is 30.7 Å². The number of nitrogens with zero attached hydrogens (tertiary/aromatic N) is 1. The number of hydrogen-bond donors (Lipinski definition) is 2. The van der Waals surface area contributed by atoms with Crippen molar-refractivity contribution in [2.75, 3.05) is 27.1 Å². The molecule has 0 aliphatic heterocycles. The van der Waals surface area contributed by atoms with E-state index in [0.29, 0.717) is 6.61 Å². The van der Waals surface area contributed by atoms with Crippen molar-refractivity contribution in [1.29, 1.82) is 0 Å². The Morgan fingerprint density at radius 1 is 1.36 bits per heavy atom. The van der Waals surface area contributed by atoms with Crippen LogP contribution >= 0.6 is 0 Å². The molecule has 0 aliphatic rings. The molecule has 25 heavy (non-hydrogen) atoms. The van der Waals surface area contributed by atoms with E-state index in [1.807, 2.05) is 0 Å². The van der Waals surface area contributed by atoms with Gasteiger partial charge in [0.05, 0.1) is 7.11 Å². The van der Waals surface area contributed by atoms with Gasteiger partial charge in [0.25, 0.3) is 5.91 Å². The number of carbonyl (C=O) groups excluding carboxylic acids is 2. The van der Waals surface area contributed by atoms with Crippen molar-refractivity contribution in [3.63, 3.8) is 0 Å². The zero-order valence-corrected chi connectivity index (χ0v) is 14.1. The van der Waals surface area contributed by atoms with Crippen molar-refractivity contribution in [3.05, 3.63) is 18.0 Å². The van der Waals surface area contributed by atoms with Crippen LogP contribution in [0.25, 0.3) is 0 Å². The minimum absolute atomic E-state index is 0.0794. The highest BCUT2D eigenvalue weighted by molar-refractivity contribution is 5.97. The number of rotatable bonds is 10. The van der Waals surface area contributed by atoms with Crippen LogP contribution in [0.4, 0.5) is 0 Å². The summed E-state index contributed by atoms with van der Waals surface area (Å²) in [6.45, 7) is 2.67. The first-order valence-electron chi connectivity index (χ1n) is 7.33. The Morgan fingerprint density at radius 3 is 2.68 bits per heavy atom. The van der Waals surface area contributed by atoms with Crippen LogP contribution in [0.1, 0.15) is 24.3 Å². The van der Waals surface area contributed by atoms with Gasteiger partial charge in [0.2, 0.25) is 6.79 Å². The lowest BCUT2D eigenvalue weighted by Crippen LogP contribution is -2.38. The lowest BCUT2D eigenvalue weighted by molar-refractivity contribution is -0.155. The predicted octanol–water partition coefficient (Wildman–Crippen LogP) is 0.209. The summed E-state index contributed by atoms with van der Waals surface area (Å²) in [5.41, 5.74) is -0.201. The second kappa shape index (κ2) is 10.1. The van der Waals surface area contributed by atoms with Gasteiger partial charge in [-0.2, -0.15) is 0 Å². The van der Waals surface area contributed by atoms with Gasteiger partial charge in [-0.25, -0.2) is 9.78 Å². The second-order valence-corrected chi connectivity index (χ2v) is 4.64. The van der Waals surface area contributed by atoms with Gasteiger partial charge in [-0.05, 0) is 13.8 Å². The minimum atomic E-state index is -1.21. The molecule has 0 aliphatic carbocycles. The van der Waals surface area contributed by atoms with Crippen LogP contribution in [0.5, 0.6) is 11.5 Å². The highest BCUT2D eigenvalue weighted by Crippen LogP contribution is 2.29. The number of carbonyl (C=O) groups is 3. The molecule has 0 bridgehead atoms. The Kier molecular flexibility index (Phi) is 8.13. The zero-order valence-electron chi connectivity index (χ0n) is 14.1. The first kappa shape index (κ1) is 20.2. The van der Waals surface area contributed by atoms with Gasteiger partial charge in [-0.15, -0.1) is 0 Å². The maximum Gasteiger partial charge on any atom is 0.334 e. The fourth-order valence-corrected chi connectivity index (χ4v) is 1.60. The summed E-state index contributed by atoms with van der Waals surface area (Å²) in [7, 11) is 1.35. The molecule has 0 fully saturated rings. The molecular formula is C15H20N2O8. The third kappa shape index (κ3) is 6.26. The molecule has 1 heterocycles. The Hall–Kier alpha value is -2.88. The number of nitrogens with one attached hydrogen (secondary N) is 1. The molecule has 1 aromatic rings. The average molecular weight is 356 g/mol. The number of ether oxygens (including phenoxy) is 4. The summed E-state index contributed by atoms with van der Waals surface area (Å²) in [6.07, 6.45) is 1.30. The highest BCUT2D eigenvalue weighted by atomic mass is 16.7. The molecule has 0 spiro atoms. The van der Waals surface area contributed by atoms with Crippen LogP contribution in [0.15, 0.2) is 12.3 Å². The third-order valence-corrected chi connectivity index (χ3v) is 2.87. The Bertz CT molecular complexity index is 620. The first-order chi connectivity index (χ1) is 11.9. The molecule has 0 radical (unpaired) electrons. The van der Waals surface area contributed by atoms with Gasteiger partial charge in [-0.1, -0.05) is 0 Å². The van der Waals surface area contributed by atoms with E-state index in [0.717, 1.165) is 0 Å². The number of hydrogen-bond acceptors (Lipinski definition) is 8. The maximum absolute atomic E-state index is 12.2. The van der Waals surface area contributed by atoms with Crippen molar-refractivity contribution in [1.82, 2.24) is 10.3 Å². The predicted molar refractivity (Wildman–Crippen MR) is 83.4 cm³/mol. The highest BCUT2D eigenvalue weighted by Gasteiger charge is 2.23. The van der Waals surface area contributed by atoms with Crippen molar-refractivity contribution in [2.45, 2.75) is 19.9 Å². The van der Waals surface area contributed by atoms with Crippen LogP contribution in [0.2, 0.25) is 0 Å². The van der Waals surface area contributed by atoms with Crippen LogP contribution < -0.4 is 14.8 Å². The summed E-state index contributed by atoms with van der Waals surface area (Å²) < 4.78 is 20.1. The molecule has 138 valence electrons. The molecular weight excluding hydrogens is 336 g/mol. The number of pyridine rings is 1. The largest absolute Gasteiger partial charge is 0.493 e. The average Bonchev–Trinajstić information content (AvgIpc) is 2.59. The fraction of sp³-hybridized carbons (Fsp3) is 0.467. The smallest absolute Gasteiger partial charge is 0.334 e. The molecule has 2 N–H and O–H groups in total. The molecule has 1 rings (SSSR count). The number of amides is 1. The summed E-state index contributed by atoms with van der Waals surface area (Å²) in [5, 5.41) is 11.1. The van der Waals surface area contributed by atoms with E-state index >= 15 is 0 Å². The van der Waals surface area contributed by atoms with Crippen molar-refractivity contribution >= 4 is 17.8 Å². The maximum atomic E-state index is 12.2. The second-order valence-electron chi connectivity index (χ2n) is 4.64. The quantitative estimate of drug-likeness (QED) is 0.445. The number of methoxy groups -OCH3 is 1.